The molecule has 5 heteroatoms. The van der Waals surface area contributed by atoms with Crippen molar-refractivity contribution in [3.05, 3.63) is 46.2 Å². The van der Waals surface area contributed by atoms with Gasteiger partial charge in [-0.3, -0.25) is 9.48 Å². The van der Waals surface area contributed by atoms with Gasteiger partial charge >= 0.3 is 0 Å². The molecule has 0 amide bonds. The lowest BCUT2D eigenvalue weighted by atomic mass is 10.0. The molecule has 0 bridgehead atoms. The van der Waals surface area contributed by atoms with Crippen molar-refractivity contribution in [1.82, 2.24) is 9.78 Å². The van der Waals surface area contributed by atoms with Gasteiger partial charge in [0.1, 0.15) is 0 Å². The lowest BCUT2D eigenvalue weighted by Gasteiger charge is -2.09. The minimum absolute atomic E-state index is 0.129. The number of carbonyl (C=O) groups is 1. The van der Waals surface area contributed by atoms with Crippen LogP contribution in [0.25, 0.3) is 0 Å². The van der Waals surface area contributed by atoms with Gasteiger partial charge in [0, 0.05) is 17.1 Å². The van der Waals surface area contributed by atoms with Crippen molar-refractivity contribution in [1.29, 1.82) is 0 Å². The van der Waals surface area contributed by atoms with Crippen LogP contribution >= 0.6 is 11.6 Å². The van der Waals surface area contributed by atoms with Crippen LogP contribution < -0.4 is 4.74 Å². The van der Waals surface area contributed by atoms with E-state index in [1.165, 1.54) is 7.11 Å². The van der Waals surface area contributed by atoms with Gasteiger partial charge in [0.2, 0.25) is 5.78 Å². The summed E-state index contributed by atoms with van der Waals surface area (Å²) in [4.78, 5) is 12.6. The smallest absolute Gasteiger partial charge is 0.215 e. The predicted octanol–water partition coefficient (Wildman–Crippen LogP) is 3.10. The number of hydrogen-bond acceptors (Lipinski definition) is 3. The van der Waals surface area contributed by atoms with Crippen LogP contribution in [0.5, 0.6) is 5.75 Å². The second-order valence-corrected chi connectivity index (χ2v) is 4.60. The van der Waals surface area contributed by atoms with Crippen molar-refractivity contribution in [3.63, 3.8) is 0 Å². The van der Waals surface area contributed by atoms with Crippen LogP contribution in [-0.4, -0.2) is 22.7 Å². The van der Waals surface area contributed by atoms with E-state index in [1.54, 1.807) is 23.0 Å². The van der Waals surface area contributed by atoms with Crippen molar-refractivity contribution in [3.8, 4) is 5.75 Å². The second kappa shape index (κ2) is 5.45. The molecule has 1 aromatic carbocycles. The van der Waals surface area contributed by atoms with Crippen LogP contribution in [0.2, 0.25) is 5.02 Å². The summed E-state index contributed by atoms with van der Waals surface area (Å²) in [5.74, 6) is 0.349. The van der Waals surface area contributed by atoms with Crippen molar-refractivity contribution in [2.24, 2.45) is 0 Å². The molecule has 0 spiro atoms. The Hall–Kier alpha value is -1.81. The molecule has 0 aliphatic rings. The van der Waals surface area contributed by atoms with Gasteiger partial charge in [-0.15, -0.1) is 0 Å². The number of halogens is 1. The number of ether oxygens (including phenoxy) is 1. The SMILES string of the molecule is CCn1ncc(OC)c1C(=O)c1cc(Cl)ccc1C. The first-order valence-electron chi connectivity index (χ1n) is 5.99. The summed E-state index contributed by atoms with van der Waals surface area (Å²) < 4.78 is 6.83. The minimum Gasteiger partial charge on any atom is -0.493 e. The third-order valence-corrected chi connectivity index (χ3v) is 3.22. The van der Waals surface area contributed by atoms with Gasteiger partial charge in [0.15, 0.2) is 11.4 Å². The summed E-state index contributed by atoms with van der Waals surface area (Å²) in [6, 6.07) is 5.27. The number of methoxy groups -OCH3 is 1. The highest BCUT2D eigenvalue weighted by Crippen LogP contribution is 2.24. The molecule has 2 aromatic rings. The number of aromatic nitrogens is 2. The average molecular weight is 279 g/mol. The highest BCUT2D eigenvalue weighted by molar-refractivity contribution is 6.31. The molecular weight excluding hydrogens is 264 g/mol. The fourth-order valence-electron chi connectivity index (χ4n) is 1.95. The summed E-state index contributed by atoms with van der Waals surface area (Å²) in [7, 11) is 1.53. The van der Waals surface area contributed by atoms with Gasteiger partial charge in [0.25, 0.3) is 0 Å². The summed E-state index contributed by atoms with van der Waals surface area (Å²) in [6.07, 6.45) is 1.55. The van der Waals surface area contributed by atoms with Crippen molar-refractivity contribution < 1.29 is 9.53 Å². The molecule has 0 atom stereocenters. The third kappa shape index (κ3) is 2.49. The van der Waals surface area contributed by atoms with E-state index in [0.29, 0.717) is 28.6 Å². The Morgan fingerprint density at radius 3 is 2.84 bits per heavy atom. The molecule has 0 saturated heterocycles. The van der Waals surface area contributed by atoms with Crippen molar-refractivity contribution in [2.45, 2.75) is 20.4 Å². The maximum Gasteiger partial charge on any atom is 0.215 e. The number of hydrogen-bond donors (Lipinski definition) is 0. The standard InChI is InChI=1S/C14H15ClN2O2/c1-4-17-13(12(19-3)8-16-17)14(18)11-7-10(15)6-5-9(11)2/h5-8H,4H2,1-3H3. The largest absolute Gasteiger partial charge is 0.493 e. The first kappa shape index (κ1) is 13.6. The zero-order chi connectivity index (χ0) is 14.0. The van der Waals surface area contributed by atoms with E-state index in [0.717, 1.165) is 5.56 Å². The molecule has 2 rings (SSSR count). The van der Waals surface area contributed by atoms with Crippen molar-refractivity contribution >= 4 is 17.4 Å². The number of ketones is 1. The Morgan fingerprint density at radius 1 is 1.47 bits per heavy atom. The van der Waals surface area contributed by atoms with Gasteiger partial charge in [-0.05, 0) is 31.5 Å². The van der Waals surface area contributed by atoms with Gasteiger partial charge in [-0.25, -0.2) is 0 Å². The zero-order valence-electron chi connectivity index (χ0n) is 11.1. The number of nitrogens with zero attached hydrogens (tertiary/aromatic N) is 2. The topological polar surface area (TPSA) is 44.1 Å². The number of rotatable bonds is 4. The Labute approximate surface area is 116 Å². The molecule has 100 valence electrons. The van der Waals surface area contributed by atoms with E-state index < -0.39 is 0 Å². The lowest BCUT2D eigenvalue weighted by molar-refractivity contribution is 0.102. The zero-order valence-corrected chi connectivity index (χ0v) is 11.9. The van der Waals surface area contributed by atoms with Crippen LogP contribution in [-0.2, 0) is 6.54 Å². The minimum atomic E-state index is -0.129. The Bertz CT molecular complexity index is 598. The first-order valence-corrected chi connectivity index (χ1v) is 6.37. The maximum atomic E-state index is 12.6. The molecule has 0 radical (unpaired) electrons. The number of carbonyl (C=O) groups excluding carboxylic acids is 1. The molecule has 19 heavy (non-hydrogen) atoms. The van der Waals surface area contributed by atoms with Crippen LogP contribution in [0.15, 0.2) is 24.4 Å². The Morgan fingerprint density at radius 2 is 2.21 bits per heavy atom. The van der Waals surface area contributed by atoms with E-state index >= 15 is 0 Å². The van der Waals surface area contributed by atoms with Gasteiger partial charge in [0.05, 0.1) is 13.3 Å². The second-order valence-electron chi connectivity index (χ2n) is 4.17. The van der Waals surface area contributed by atoms with Crippen LogP contribution in [0.4, 0.5) is 0 Å². The molecule has 0 unspecified atom stereocenters. The van der Waals surface area contributed by atoms with Gasteiger partial charge < -0.3 is 4.74 Å². The first-order chi connectivity index (χ1) is 9.08. The van der Waals surface area contributed by atoms with E-state index in [9.17, 15) is 4.79 Å². The third-order valence-electron chi connectivity index (χ3n) is 2.98. The maximum absolute atomic E-state index is 12.6. The van der Waals surface area contributed by atoms with Crippen LogP contribution in [0, 0.1) is 6.92 Å². The molecular formula is C14H15ClN2O2. The Balaban J connectivity index is 2.55. The summed E-state index contributed by atoms with van der Waals surface area (Å²) in [5.41, 5.74) is 1.90. The molecule has 0 aliphatic heterocycles. The van der Waals surface area contributed by atoms with Gasteiger partial charge in [-0.1, -0.05) is 17.7 Å². The van der Waals surface area contributed by atoms with Gasteiger partial charge in [-0.2, -0.15) is 5.10 Å². The molecule has 0 fully saturated rings. The normalized spacial score (nSPS) is 10.5. The highest BCUT2D eigenvalue weighted by Gasteiger charge is 2.21. The monoisotopic (exact) mass is 278 g/mol. The number of aryl methyl sites for hydroxylation is 2. The summed E-state index contributed by atoms with van der Waals surface area (Å²) >= 11 is 5.96. The molecule has 0 aliphatic carbocycles. The van der Waals surface area contributed by atoms with E-state index in [-0.39, 0.29) is 5.78 Å². The molecule has 1 aromatic heterocycles. The molecule has 4 nitrogen and oxygen atoms in total. The lowest BCUT2D eigenvalue weighted by Crippen LogP contribution is -2.12. The Kier molecular flexibility index (Phi) is 3.90. The van der Waals surface area contributed by atoms with Crippen LogP contribution in [0.3, 0.4) is 0 Å². The molecule has 1 heterocycles. The van der Waals surface area contributed by atoms with E-state index in [4.69, 9.17) is 16.3 Å². The fraction of sp³-hybridized carbons (Fsp3) is 0.286. The fourth-order valence-corrected chi connectivity index (χ4v) is 2.12. The van der Waals surface area contributed by atoms with Crippen molar-refractivity contribution in [2.75, 3.05) is 7.11 Å². The quantitative estimate of drug-likeness (QED) is 0.807. The molecule has 0 N–H and O–H groups in total. The summed E-state index contributed by atoms with van der Waals surface area (Å²) in [6.45, 7) is 4.40. The van der Waals surface area contributed by atoms with Crippen LogP contribution in [0.1, 0.15) is 28.5 Å². The van der Waals surface area contributed by atoms with E-state index in [1.807, 2.05) is 19.9 Å². The molecule has 0 saturated carbocycles. The summed E-state index contributed by atoms with van der Waals surface area (Å²) in [5, 5.41) is 4.68. The van der Waals surface area contributed by atoms with E-state index in [2.05, 4.69) is 5.10 Å². The highest BCUT2D eigenvalue weighted by atomic mass is 35.5. The average Bonchev–Trinajstić information content (AvgIpc) is 2.83. The number of benzene rings is 1. The predicted molar refractivity (Wildman–Crippen MR) is 74.1 cm³/mol.